The smallest absolute Gasteiger partial charge is 0.147 e. The molecular formula is C10H11FN2. The molecule has 0 radical (unpaired) electrons. The maximum atomic E-state index is 13.4. The Labute approximate surface area is 76.0 Å². The highest BCUT2D eigenvalue weighted by molar-refractivity contribution is 5.92. The van der Waals surface area contributed by atoms with Crippen molar-refractivity contribution in [3.63, 3.8) is 0 Å². The van der Waals surface area contributed by atoms with Crippen molar-refractivity contribution in [1.29, 1.82) is 0 Å². The van der Waals surface area contributed by atoms with E-state index in [1.54, 1.807) is 11.0 Å². The highest BCUT2D eigenvalue weighted by atomic mass is 19.1. The van der Waals surface area contributed by atoms with Gasteiger partial charge in [-0.1, -0.05) is 0 Å². The molecule has 0 unspecified atom stereocenters. The zero-order valence-corrected chi connectivity index (χ0v) is 7.63. The number of hydrogen-bond donors (Lipinski definition) is 1. The second-order valence-electron chi connectivity index (χ2n) is 3.23. The molecule has 3 heteroatoms. The first-order valence-corrected chi connectivity index (χ1v) is 4.13. The van der Waals surface area contributed by atoms with E-state index in [2.05, 4.69) is 4.98 Å². The molecule has 0 spiro atoms. The monoisotopic (exact) mass is 178 g/mol. The van der Waals surface area contributed by atoms with E-state index in [-0.39, 0.29) is 5.82 Å². The predicted octanol–water partition coefficient (Wildman–Crippen LogP) is 2.37. The number of nitrogens with zero attached hydrogens (tertiary/aromatic N) is 1. The molecule has 1 heterocycles. The molecule has 0 amide bonds. The number of benzene rings is 1. The van der Waals surface area contributed by atoms with Gasteiger partial charge in [-0.2, -0.15) is 0 Å². The highest BCUT2D eigenvalue weighted by Gasteiger charge is 2.09. The van der Waals surface area contributed by atoms with Crippen LogP contribution in [0.15, 0.2) is 24.4 Å². The van der Waals surface area contributed by atoms with Gasteiger partial charge >= 0.3 is 0 Å². The lowest BCUT2D eigenvalue weighted by molar-refractivity contribution is 0.628. The molecule has 68 valence electrons. The Bertz CT molecular complexity index is 431. The molecule has 0 atom stereocenters. The number of anilines is 1. The summed E-state index contributed by atoms with van der Waals surface area (Å²) in [6.07, 6.45) is 1.82. The van der Waals surface area contributed by atoms with Crippen molar-refractivity contribution in [3.8, 4) is 0 Å². The summed E-state index contributed by atoms with van der Waals surface area (Å²) in [6, 6.07) is 5.11. The first-order chi connectivity index (χ1) is 6.20. The molecule has 2 aromatic rings. The maximum absolute atomic E-state index is 13.4. The lowest BCUT2D eigenvalue weighted by Gasteiger charge is -2.14. The van der Waals surface area contributed by atoms with Crippen LogP contribution in [-0.2, 0) is 0 Å². The normalized spacial score (nSPS) is 10.7. The quantitative estimate of drug-likeness (QED) is 0.710. The largest absolute Gasteiger partial charge is 0.375 e. The lowest BCUT2D eigenvalue weighted by atomic mass is 10.2. The molecular weight excluding hydrogens is 167 g/mol. The molecule has 0 aliphatic heterocycles. The molecule has 0 saturated heterocycles. The van der Waals surface area contributed by atoms with Crippen LogP contribution in [0, 0.1) is 5.82 Å². The minimum atomic E-state index is -0.183. The van der Waals surface area contributed by atoms with Crippen molar-refractivity contribution in [2.45, 2.75) is 0 Å². The van der Waals surface area contributed by atoms with Crippen LogP contribution in [0.2, 0.25) is 0 Å². The van der Waals surface area contributed by atoms with E-state index >= 15 is 0 Å². The van der Waals surface area contributed by atoms with Gasteiger partial charge in [-0.25, -0.2) is 4.39 Å². The van der Waals surface area contributed by atoms with Gasteiger partial charge in [-0.15, -0.1) is 0 Å². The first-order valence-electron chi connectivity index (χ1n) is 4.13. The summed E-state index contributed by atoms with van der Waals surface area (Å²) in [6.45, 7) is 0. The third-order valence-electron chi connectivity index (χ3n) is 2.10. The fourth-order valence-corrected chi connectivity index (χ4v) is 1.55. The van der Waals surface area contributed by atoms with E-state index in [0.29, 0.717) is 5.69 Å². The number of aromatic amines is 1. The lowest BCUT2D eigenvalue weighted by Crippen LogP contribution is -2.10. The number of hydrogen-bond acceptors (Lipinski definition) is 1. The number of aromatic nitrogens is 1. The van der Waals surface area contributed by atoms with Gasteiger partial charge in [-0.3, -0.25) is 0 Å². The number of rotatable bonds is 1. The topological polar surface area (TPSA) is 19.0 Å². The van der Waals surface area contributed by atoms with Crippen molar-refractivity contribution in [1.82, 2.24) is 4.98 Å². The summed E-state index contributed by atoms with van der Waals surface area (Å²) >= 11 is 0. The summed E-state index contributed by atoms with van der Waals surface area (Å²) in [5.41, 5.74) is 1.60. The van der Waals surface area contributed by atoms with Crippen molar-refractivity contribution in [3.05, 3.63) is 30.2 Å². The minimum Gasteiger partial charge on any atom is -0.375 e. The van der Waals surface area contributed by atoms with Gasteiger partial charge in [0.2, 0.25) is 0 Å². The highest BCUT2D eigenvalue weighted by Crippen LogP contribution is 2.27. The molecule has 2 nitrogen and oxygen atoms in total. The van der Waals surface area contributed by atoms with Crippen molar-refractivity contribution in [2.75, 3.05) is 19.0 Å². The van der Waals surface area contributed by atoms with Gasteiger partial charge in [0.25, 0.3) is 0 Å². The van der Waals surface area contributed by atoms with Gasteiger partial charge in [0.1, 0.15) is 5.82 Å². The molecule has 13 heavy (non-hydrogen) atoms. The number of H-pyrrole nitrogens is 1. The van der Waals surface area contributed by atoms with Crippen molar-refractivity contribution in [2.24, 2.45) is 0 Å². The Morgan fingerprint density at radius 2 is 2.00 bits per heavy atom. The van der Waals surface area contributed by atoms with Gasteiger partial charge in [0.05, 0.1) is 5.69 Å². The third kappa shape index (κ3) is 1.16. The molecule has 0 aliphatic rings. The van der Waals surface area contributed by atoms with E-state index in [1.165, 1.54) is 6.07 Å². The van der Waals surface area contributed by atoms with E-state index in [4.69, 9.17) is 0 Å². The van der Waals surface area contributed by atoms with Crippen LogP contribution in [0.25, 0.3) is 10.9 Å². The standard InChI is InChI=1S/C10H11FN2/c1-13(2)10-7-5-6-12-9(7)4-3-8(10)11/h3-6,12H,1-2H3. The van der Waals surface area contributed by atoms with Gasteiger partial charge < -0.3 is 9.88 Å². The Morgan fingerprint density at radius 1 is 1.23 bits per heavy atom. The van der Waals surface area contributed by atoms with E-state index in [9.17, 15) is 4.39 Å². The summed E-state index contributed by atoms with van der Waals surface area (Å²) in [5.74, 6) is -0.183. The van der Waals surface area contributed by atoms with Crippen LogP contribution >= 0.6 is 0 Å². The van der Waals surface area contributed by atoms with Crippen LogP contribution in [0.3, 0.4) is 0 Å². The van der Waals surface area contributed by atoms with Crippen LogP contribution in [0.5, 0.6) is 0 Å². The van der Waals surface area contributed by atoms with E-state index in [0.717, 1.165) is 10.9 Å². The molecule has 0 saturated carbocycles. The average Bonchev–Trinajstić information content (AvgIpc) is 2.50. The van der Waals surface area contributed by atoms with Gasteiger partial charge in [-0.05, 0) is 18.2 Å². The van der Waals surface area contributed by atoms with E-state index < -0.39 is 0 Å². The minimum absolute atomic E-state index is 0.183. The van der Waals surface area contributed by atoms with Crippen LogP contribution in [0.1, 0.15) is 0 Å². The second kappa shape index (κ2) is 2.76. The molecule has 2 rings (SSSR count). The average molecular weight is 178 g/mol. The fraction of sp³-hybridized carbons (Fsp3) is 0.200. The summed E-state index contributed by atoms with van der Waals surface area (Å²) in [7, 11) is 3.68. The van der Waals surface area contributed by atoms with Crippen LogP contribution < -0.4 is 4.90 Å². The summed E-state index contributed by atoms with van der Waals surface area (Å²) in [5, 5.41) is 0.921. The number of halogens is 1. The Morgan fingerprint density at radius 3 is 2.69 bits per heavy atom. The fourth-order valence-electron chi connectivity index (χ4n) is 1.55. The zero-order valence-electron chi connectivity index (χ0n) is 7.63. The zero-order chi connectivity index (χ0) is 9.42. The molecule has 0 fully saturated rings. The second-order valence-corrected chi connectivity index (χ2v) is 3.23. The van der Waals surface area contributed by atoms with E-state index in [1.807, 2.05) is 26.4 Å². The molecule has 0 aliphatic carbocycles. The van der Waals surface area contributed by atoms with Gasteiger partial charge in [0.15, 0.2) is 0 Å². The Kier molecular flexibility index (Phi) is 1.72. The third-order valence-corrected chi connectivity index (χ3v) is 2.10. The van der Waals surface area contributed by atoms with Crippen molar-refractivity contribution >= 4 is 16.6 Å². The number of fused-ring (bicyclic) bond motifs is 1. The first kappa shape index (κ1) is 8.10. The van der Waals surface area contributed by atoms with Crippen LogP contribution in [0.4, 0.5) is 10.1 Å². The maximum Gasteiger partial charge on any atom is 0.147 e. The van der Waals surface area contributed by atoms with Crippen LogP contribution in [-0.4, -0.2) is 19.1 Å². The summed E-state index contributed by atoms with van der Waals surface area (Å²) < 4.78 is 13.4. The Balaban J connectivity index is 2.80. The summed E-state index contributed by atoms with van der Waals surface area (Å²) in [4.78, 5) is 4.83. The molecule has 1 aromatic carbocycles. The molecule has 1 N–H and O–H groups in total. The number of nitrogens with one attached hydrogen (secondary N) is 1. The Hall–Kier alpha value is -1.51. The SMILES string of the molecule is CN(C)c1c(F)ccc2[nH]ccc12. The predicted molar refractivity (Wildman–Crippen MR) is 52.6 cm³/mol. The van der Waals surface area contributed by atoms with Crippen molar-refractivity contribution < 1.29 is 4.39 Å². The molecule has 0 bridgehead atoms. The molecule has 1 aromatic heterocycles. The van der Waals surface area contributed by atoms with Gasteiger partial charge in [0, 0.05) is 31.2 Å².